The highest BCUT2D eigenvalue weighted by Gasteiger charge is 2.18. The number of hydrogen-bond donors (Lipinski definition) is 0. The fourth-order valence-corrected chi connectivity index (χ4v) is 2.21. The number of fused-ring (bicyclic) bond motifs is 1. The predicted octanol–water partition coefficient (Wildman–Crippen LogP) is 2.89. The third kappa shape index (κ3) is 2.63. The Bertz CT molecular complexity index is 344. The zero-order valence-corrected chi connectivity index (χ0v) is 9.74. The van der Waals surface area contributed by atoms with Gasteiger partial charge in [0.1, 0.15) is 6.10 Å². The molecular weight excluding hydrogens is 200 g/mol. The molecule has 0 atom stereocenters. The van der Waals surface area contributed by atoms with Gasteiger partial charge in [0.2, 0.25) is 0 Å². The van der Waals surface area contributed by atoms with Crippen LogP contribution in [-0.2, 0) is 22.4 Å². The topological polar surface area (TPSA) is 26.3 Å². The highest BCUT2D eigenvalue weighted by atomic mass is 16.5. The minimum Gasteiger partial charge on any atom is -0.462 e. The molecule has 0 heterocycles. The molecule has 1 aromatic rings. The zero-order chi connectivity index (χ0) is 11.4. The second kappa shape index (κ2) is 5.15. The van der Waals surface area contributed by atoms with E-state index in [-0.39, 0.29) is 12.1 Å². The van der Waals surface area contributed by atoms with Crippen molar-refractivity contribution in [3.05, 3.63) is 35.4 Å². The first kappa shape index (κ1) is 11.2. The van der Waals surface area contributed by atoms with Gasteiger partial charge in [0, 0.05) is 6.42 Å². The van der Waals surface area contributed by atoms with Crippen LogP contribution in [0, 0.1) is 0 Å². The van der Waals surface area contributed by atoms with Gasteiger partial charge in [-0.05, 0) is 36.8 Å². The summed E-state index contributed by atoms with van der Waals surface area (Å²) in [4.78, 5) is 11.2. The highest BCUT2D eigenvalue weighted by molar-refractivity contribution is 5.69. The van der Waals surface area contributed by atoms with E-state index >= 15 is 0 Å². The molecule has 2 nitrogen and oxygen atoms in total. The number of carbonyl (C=O) groups is 1. The van der Waals surface area contributed by atoms with Crippen molar-refractivity contribution in [3.8, 4) is 0 Å². The summed E-state index contributed by atoms with van der Waals surface area (Å²) in [5.41, 5.74) is 2.83. The van der Waals surface area contributed by atoms with Crippen molar-refractivity contribution in [2.75, 3.05) is 0 Å². The number of aryl methyl sites for hydroxylation is 2. The maximum Gasteiger partial charge on any atom is 0.305 e. The number of carbonyl (C=O) groups excluding carboxylic acids is 1. The summed E-state index contributed by atoms with van der Waals surface area (Å²) < 4.78 is 5.41. The number of hydrogen-bond acceptors (Lipinski definition) is 2. The molecule has 1 aliphatic rings. The van der Waals surface area contributed by atoms with Crippen molar-refractivity contribution >= 4 is 5.97 Å². The fraction of sp³-hybridized carbons (Fsp3) is 0.500. The monoisotopic (exact) mass is 218 g/mol. The van der Waals surface area contributed by atoms with Crippen LogP contribution < -0.4 is 0 Å². The van der Waals surface area contributed by atoms with Gasteiger partial charge in [-0.2, -0.15) is 0 Å². The first-order valence-corrected chi connectivity index (χ1v) is 6.06. The molecule has 0 saturated carbocycles. The highest BCUT2D eigenvalue weighted by Crippen LogP contribution is 2.22. The maximum atomic E-state index is 11.2. The van der Waals surface area contributed by atoms with Crippen LogP contribution in [0.2, 0.25) is 0 Å². The molecule has 2 rings (SSSR count). The second-order valence-corrected chi connectivity index (χ2v) is 4.31. The van der Waals surface area contributed by atoms with E-state index in [1.54, 1.807) is 0 Å². The van der Waals surface area contributed by atoms with Crippen molar-refractivity contribution in [1.82, 2.24) is 0 Å². The summed E-state index contributed by atoms with van der Waals surface area (Å²) in [6, 6.07) is 8.52. The summed E-state index contributed by atoms with van der Waals surface area (Å²) in [5, 5.41) is 0. The van der Waals surface area contributed by atoms with Gasteiger partial charge in [-0.15, -0.1) is 0 Å². The molecule has 0 amide bonds. The smallest absolute Gasteiger partial charge is 0.305 e. The molecule has 1 aliphatic carbocycles. The van der Waals surface area contributed by atoms with Crippen molar-refractivity contribution in [1.29, 1.82) is 0 Å². The van der Waals surface area contributed by atoms with Crippen molar-refractivity contribution in [2.45, 2.75) is 45.1 Å². The summed E-state index contributed by atoms with van der Waals surface area (Å²) in [6.45, 7) is 1.84. The van der Waals surface area contributed by atoms with Crippen LogP contribution in [0.5, 0.6) is 0 Å². The van der Waals surface area contributed by atoms with E-state index in [9.17, 15) is 4.79 Å². The van der Waals surface area contributed by atoms with Gasteiger partial charge in [-0.3, -0.25) is 4.79 Å². The maximum absolute atomic E-state index is 11.2. The zero-order valence-electron chi connectivity index (χ0n) is 9.74. The number of benzene rings is 1. The quantitative estimate of drug-likeness (QED) is 0.563. The van der Waals surface area contributed by atoms with Crippen LogP contribution in [0.3, 0.4) is 0 Å². The molecule has 0 bridgehead atoms. The molecule has 0 N–H and O–H groups in total. The lowest BCUT2D eigenvalue weighted by atomic mass is 10.0. The first-order chi connectivity index (χ1) is 7.79. The van der Waals surface area contributed by atoms with E-state index in [2.05, 4.69) is 24.3 Å². The minimum absolute atomic E-state index is 0.0732. The van der Waals surface area contributed by atoms with Crippen LogP contribution in [0.4, 0.5) is 0 Å². The number of esters is 1. The fourth-order valence-electron chi connectivity index (χ4n) is 2.21. The lowest BCUT2D eigenvalue weighted by Crippen LogP contribution is -2.17. The summed E-state index contributed by atoms with van der Waals surface area (Å²) in [7, 11) is 0. The largest absolute Gasteiger partial charge is 0.462 e. The predicted molar refractivity (Wildman–Crippen MR) is 63.3 cm³/mol. The normalized spacial score (nSPS) is 16.3. The molecular formula is C14H18O2. The molecule has 16 heavy (non-hydrogen) atoms. The second-order valence-electron chi connectivity index (χ2n) is 4.31. The molecule has 2 heteroatoms. The van der Waals surface area contributed by atoms with Crippen molar-refractivity contribution < 1.29 is 9.53 Å². The van der Waals surface area contributed by atoms with E-state index in [0.29, 0.717) is 6.42 Å². The Morgan fingerprint density at radius 2 is 1.81 bits per heavy atom. The van der Waals surface area contributed by atoms with Gasteiger partial charge in [0.25, 0.3) is 0 Å². The lowest BCUT2D eigenvalue weighted by Gasteiger charge is -2.14. The molecule has 0 fully saturated rings. The van der Waals surface area contributed by atoms with E-state index in [1.807, 2.05) is 6.92 Å². The molecule has 0 radical (unpaired) electrons. The van der Waals surface area contributed by atoms with Crippen LogP contribution in [0.15, 0.2) is 24.3 Å². The number of rotatable bonds is 2. The standard InChI is InChI=1S/C14H18O2/c1-2-14(15)16-13-9-7-11-5-3-4-6-12(11)8-10-13/h3-6,13H,2,7-10H2,1H3. The summed E-state index contributed by atoms with van der Waals surface area (Å²) in [5.74, 6) is -0.0732. The van der Waals surface area contributed by atoms with E-state index < -0.39 is 0 Å². The van der Waals surface area contributed by atoms with Crippen LogP contribution in [-0.4, -0.2) is 12.1 Å². The van der Waals surface area contributed by atoms with Gasteiger partial charge in [0.15, 0.2) is 0 Å². The number of ether oxygens (including phenoxy) is 1. The van der Waals surface area contributed by atoms with E-state index in [4.69, 9.17) is 4.74 Å². The first-order valence-electron chi connectivity index (χ1n) is 6.06. The average molecular weight is 218 g/mol. The molecule has 0 unspecified atom stereocenters. The SMILES string of the molecule is CCC(=O)OC1CCc2ccccc2CC1. The lowest BCUT2D eigenvalue weighted by molar-refractivity contribution is -0.149. The van der Waals surface area contributed by atoms with E-state index in [0.717, 1.165) is 25.7 Å². The van der Waals surface area contributed by atoms with Gasteiger partial charge in [-0.1, -0.05) is 31.2 Å². The Kier molecular flexibility index (Phi) is 3.60. The molecule has 1 aromatic carbocycles. The van der Waals surface area contributed by atoms with Crippen molar-refractivity contribution in [3.63, 3.8) is 0 Å². The van der Waals surface area contributed by atoms with E-state index in [1.165, 1.54) is 11.1 Å². The third-order valence-corrected chi connectivity index (χ3v) is 3.18. The Hall–Kier alpha value is -1.31. The molecule has 0 aliphatic heterocycles. The minimum atomic E-state index is -0.0732. The molecule has 0 aromatic heterocycles. The van der Waals surface area contributed by atoms with Crippen LogP contribution in [0.1, 0.15) is 37.3 Å². The Morgan fingerprint density at radius 1 is 1.25 bits per heavy atom. The van der Waals surface area contributed by atoms with Crippen molar-refractivity contribution in [2.24, 2.45) is 0 Å². The molecule has 0 spiro atoms. The van der Waals surface area contributed by atoms with Gasteiger partial charge in [-0.25, -0.2) is 0 Å². The van der Waals surface area contributed by atoms with Gasteiger partial charge >= 0.3 is 5.97 Å². The summed E-state index contributed by atoms with van der Waals surface area (Å²) >= 11 is 0. The van der Waals surface area contributed by atoms with Gasteiger partial charge in [0.05, 0.1) is 0 Å². The van der Waals surface area contributed by atoms with Crippen LogP contribution in [0.25, 0.3) is 0 Å². The Morgan fingerprint density at radius 3 is 2.31 bits per heavy atom. The van der Waals surface area contributed by atoms with Gasteiger partial charge < -0.3 is 4.74 Å². The molecule has 86 valence electrons. The third-order valence-electron chi connectivity index (χ3n) is 3.18. The Labute approximate surface area is 96.6 Å². The van der Waals surface area contributed by atoms with Crippen LogP contribution >= 0.6 is 0 Å². The average Bonchev–Trinajstić information content (AvgIpc) is 2.52. The Balaban J connectivity index is 1.99. The molecule has 0 saturated heterocycles. The summed E-state index contributed by atoms with van der Waals surface area (Å²) in [6.07, 6.45) is 4.56.